The monoisotopic (exact) mass is 350 g/mol. The third kappa shape index (κ3) is 5.65. The van der Waals surface area contributed by atoms with E-state index in [9.17, 15) is 4.79 Å². The molecule has 1 amide bonds. The standard InChI is InChI=1S/C19H34N4O2/c1-6-7-8-11-21-17(20-5)22-14-12-15-9-10-16(13-14)23(15)18(24)25-19(2,3)4/h6-7,14-16H,8-13H2,1-5H3,(H2,20,21,22). The van der Waals surface area contributed by atoms with Crippen molar-refractivity contribution in [3.05, 3.63) is 12.2 Å². The van der Waals surface area contributed by atoms with Crippen molar-refractivity contribution in [3.8, 4) is 0 Å². The summed E-state index contributed by atoms with van der Waals surface area (Å²) in [5.74, 6) is 0.847. The third-order valence-electron chi connectivity index (χ3n) is 4.74. The van der Waals surface area contributed by atoms with Crippen molar-refractivity contribution in [1.82, 2.24) is 15.5 Å². The van der Waals surface area contributed by atoms with Crippen LogP contribution in [0.4, 0.5) is 4.79 Å². The smallest absolute Gasteiger partial charge is 0.410 e. The summed E-state index contributed by atoms with van der Waals surface area (Å²) in [5, 5.41) is 6.88. The van der Waals surface area contributed by atoms with E-state index in [4.69, 9.17) is 4.74 Å². The van der Waals surface area contributed by atoms with E-state index in [1.165, 1.54) is 0 Å². The lowest BCUT2D eigenvalue weighted by Gasteiger charge is -2.40. The molecule has 0 aromatic rings. The zero-order valence-corrected chi connectivity index (χ0v) is 16.3. The molecule has 2 unspecified atom stereocenters. The minimum Gasteiger partial charge on any atom is -0.444 e. The second-order valence-electron chi connectivity index (χ2n) is 7.94. The number of rotatable bonds is 4. The van der Waals surface area contributed by atoms with Gasteiger partial charge in [-0.1, -0.05) is 12.2 Å². The van der Waals surface area contributed by atoms with Gasteiger partial charge in [-0.25, -0.2) is 4.79 Å². The van der Waals surface area contributed by atoms with Crippen LogP contribution in [0.1, 0.15) is 59.8 Å². The van der Waals surface area contributed by atoms with Crippen LogP contribution in [0.25, 0.3) is 0 Å². The first kappa shape index (κ1) is 19.6. The van der Waals surface area contributed by atoms with Gasteiger partial charge in [-0.05, 0) is 59.8 Å². The highest BCUT2D eigenvalue weighted by molar-refractivity contribution is 5.80. The number of guanidine groups is 1. The first-order chi connectivity index (χ1) is 11.8. The first-order valence-corrected chi connectivity index (χ1v) is 9.43. The van der Waals surface area contributed by atoms with Gasteiger partial charge in [0.15, 0.2) is 5.96 Å². The molecular formula is C19H34N4O2. The highest BCUT2D eigenvalue weighted by Crippen LogP contribution is 2.36. The molecular weight excluding hydrogens is 316 g/mol. The Bertz CT molecular complexity index is 496. The number of fused-ring (bicyclic) bond motifs is 2. The highest BCUT2D eigenvalue weighted by Gasteiger charge is 2.44. The van der Waals surface area contributed by atoms with E-state index in [2.05, 4.69) is 27.8 Å². The molecule has 0 aromatic heterocycles. The van der Waals surface area contributed by atoms with E-state index >= 15 is 0 Å². The predicted octanol–water partition coefficient (Wildman–Crippen LogP) is 3.05. The van der Waals surface area contributed by atoms with Gasteiger partial charge in [0, 0.05) is 31.7 Å². The average molecular weight is 351 g/mol. The quantitative estimate of drug-likeness (QED) is 0.354. The van der Waals surface area contributed by atoms with E-state index in [-0.39, 0.29) is 18.2 Å². The second-order valence-corrected chi connectivity index (χ2v) is 7.94. The fourth-order valence-corrected chi connectivity index (χ4v) is 3.74. The van der Waals surface area contributed by atoms with Crippen LogP contribution >= 0.6 is 0 Å². The summed E-state index contributed by atoms with van der Waals surface area (Å²) >= 11 is 0. The number of amides is 1. The molecule has 0 saturated carbocycles. The van der Waals surface area contributed by atoms with Crippen molar-refractivity contribution in [2.75, 3.05) is 13.6 Å². The Morgan fingerprint density at radius 2 is 1.92 bits per heavy atom. The highest BCUT2D eigenvalue weighted by atomic mass is 16.6. The molecule has 2 fully saturated rings. The molecule has 2 bridgehead atoms. The third-order valence-corrected chi connectivity index (χ3v) is 4.74. The molecule has 2 atom stereocenters. The number of allylic oxidation sites excluding steroid dienone is 1. The Labute approximate surface area is 152 Å². The molecule has 0 radical (unpaired) electrons. The van der Waals surface area contributed by atoms with Crippen LogP contribution in [-0.2, 0) is 4.74 Å². The molecule has 2 rings (SSSR count). The van der Waals surface area contributed by atoms with Crippen molar-refractivity contribution < 1.29 is 9.53 Å². The Hall–Kier alpha value is -1.72. The zero-order valence-electron chi connectivity index (χ0n) is 16.3. The molecule has 6 heteroatoms. The summed E-state index contributed by atoms with van der Waals surface area (Å²) in [6.45, 7) is 8.66. The minimum atomic E-state index is -0.440. The molecule has 142 valence electrons. The number of aliphatic imine (C=N–C) groups is 1. The van der Waals surface area contributed by atoms with Gasteiger partial charge >= 0.3 is 6.09 Å². The van der Waals surface area contributed by atoms with E-state index < -0.39 is 5.60 Å². The summed E-state index contributed by atoms with van der Waals surface area (Å²) in [4.78, 5) is 18.8. The lowest BCUT2D eigenvalue weighted by Crippen LogP contribution is -2.55. The number of piperidine rings is 1. The molecule has 0 spiro atoms. The van der Waals surface area contributed by atoms with Crippen LogP contribution in [0.3, 0.4) is 0 Å². The Morgan fingerprint density at radius 3 is 2.44 bits per heavy atom. The lowest BCUT2D eigenvalue weighted by atomic mass is 9.98. The van der Waals surface area contributed by atoms with Gasteiger partial charge in [0.2, 0.25) is 0 Å². The maximum atomic E-state index is 12.5. The number of nitrogens with one attached hydrogen (secondary N) is 2. The van der Waals surface area contributed by atoms with Crippen molar-refractivity contribution in [1.29, 1.82) is 0 Å². The topological polar surface area (TPSA) is 66.0 Å². The maximum absolute atomic E-state index is 12.5. The molecule has 2 heterocycles. The van der Waals surface area contributed by atoms with Crippen LogP contribution in [-0.4, -0.2) is 54.3 Å². The fourth-order valence-electron chi connectivity index (χ4n) is 3.74. The van der Waals surface area contributed by atoms with E-state index in [0.717, 1.165) is 44.6 Å². The van der Waals surface area contributed by atoms with Crippen LogP contribution in [0.2, 0.25) is 0 Å². The number of nitrogens with zero attached hydrogens (tertiary/aromatic N) is 2. The van der Waals surface area contributed by atoms with Crippen LogP contribution in [0, 0.1) is 0 Å². The van der Waals surface area contributed by atoms with Gasteiger partial charge in [-0.2, -0.15) is 0 Å². The van der Waals surface area contributed by atoms with Crippen molar-refractivity contribution in [3.63, 3.8) is 0 Å². The zero-order chi connectivity index (χ0) is 18.4. The van der Waals surface area contributed by atoms with Crippen LogP contribution < -0.4 is 10.6 Å². The Morgan fingerprint density at radius 1 is 1.28 bits per heavy atom. The number of carbonyl (C=O) groups excluding carboxylic acids is 1. The van der Waals surface area contributed by atoms with Crippen LogP contribution in [0.15, 0.2) is 17.1 Å². The predicted molar refractivity (Wildman–Crippen MR) is 102 cm³/mol. The van der Waals surface area contributed by atoms with Crippen molar-refractivity contribution >= 4 is 12.1 Å². The molecule has 2 saturated heterocycles. The maximum Gasteiger partial charge on any atom is 0.410 e. The van der Waals surface area contributed by atoms with E-state index in [0.29, 0.717) is 6.04 Å². The molecule has 2 aliphatic rings. The molecule has 0 aliphatic carbocycles. The second kappa shape index (κ2) is 8.59. The molecule has 0 aromatic carbocycles. The Kier molecular flexibility index (Phi) is 6.73. The van der Waals surface area contributed by atoms with Crippen molar-refractivity contribution in [2.24, 2.45) is 4.99 Å². The summed E-state index contributed by atoms with van der Waals surface area (Å²) in [5.41, 5.74) is -0.440. The van der Waals surface area contributed by atoms with Gasteiger partial charge < -0.3 is 20.3 Å². The number of carbonyl (C=O) groups is 1. The van der Waals surface area contributed by atoms with Gasteiger partial charge in [-0.15, -0.1) is 0 Å². The normalized spacial score (nSPS) is 26.8. The molecule has 6 nitrogen and oxygen atoms in total. The number of ether oxygens (including phenoxy) is 1. The Balaban J connectivity index is 1.87. The molecule has 25 heavy (non-hydrogen) atoms. The average Bonchev–Trinajstić information content (AvgIpc) is 2.80. The molecule has 2 N–H and O–H groups in total. The van der Waals surface area contributed by atoms with Crippen molar-refractivity contribution in [2.45, 2.75) is 83.5 Å². The fraction of sp³-hybridized carbons (Fsp3) is 0.789. The van der Waals surface area contributed by atoms with Gasteiger partial charge in [0.05, 0.1) is 0 Å². The van der Waals surface area contributed by atoms with Crippen LogP contribution in [0.5, 0.6) is 0 Å². The lowest BCUT2D eigenvalue weighted by molar-refractivity contribution is 0.00545. The van der Waals surface area contributed by atoms with Gasteiger partial charge in [0.25, 0.3) is 0 Å². The van der Waals surface area contributed by atoms with E-state index in [1.54, 1.807) is 7.05 Å². The van der Waals surface area contributed by atoms with Gasteiger partial charge in [-0.3, -0.25) is 4.99 Å². The summed E-state index contributed by atoms with van der Waals surface area (Å²) in [6, 6.07) is 0.892. The largest absolute Gasteiger partial charge is 0.444 e. The molecule has 2 aliphatic heterocycles. The number of hydrogen-bond donors (Lipinski definition) is 2. The minimum absolute atomic E-state index is 0.160. The summed E-state index contributed by atoms with van der Waals surface area (Å²) < 4.78 is 5.60. The van der Waals surface area contributed by atoms with E-state index in [1.807, 2.05) is 32.6 Å². The SMILES string of the molecule is CC=CCCNC(=NC)NC1CC2CCC(C1)N2C(=O)OC(C)(C)C. The first-order valence-electron chi connectivity index (χ1n) is 9.43. The summed E-state index contributed by atoms with van der Waals surface area (Å²) in [7, 11) is 1.80. The van der Waals surface area contributed by atoms with Gasteiger partial charge in [0.1, 0.15) is 5.60 Å². The number of hydrogen-bond acceptors (Lipinski definition) is 3. The summed E-state index contributed by atoms with van der Waals surface area (Å²) in [6.07, 6.45) is 9.05.